The van der Waals surface area contributed by atoms with Gasteiger partial charge in [-0.05, 0) is 80.7 Å². The number of carbonyl (C=O) groups is 1. The van der Waals surface area contributed by atoms with Crippen LogP contribution < -0.4 is 14.4 Å². The zero-order valence-electron chi connectivity index (χ0n) is 18.9. The molecule has 2 aliphatic rings. The second-order valence-corrected chi connectivity index (χ2v) is 10.4. The van der Waals surface area contributed by atoms with Crippen molar-refractivity contribution in [1.82, 2.24) is 9.62 Å². The molecule has 4 rings (SSSR count). The number of rotatable bonds is 7. The topological polar surface area (TPSA) is 79.0 Å². The minimum atomic E-state index is -3.70. The molecule has 2 atom stereocenters. The van der Waals surface area contributed by atoms with Crippen LogP contribution in [0.5, 0.6) is 5.75 Å². The number of ether oxygens (including phenoxy) is 1. The molecule has 0 bridgehead atoms. The van der Waals surface area contributed by atoms with Gasteiger partial charge in [0.15, 0.2) is 0 Å². The summed E-state index contributed by atoms with van der Waals surface area (Å²) < 4.78 is 34.5. The van der Waals surface area contributed by atoms with E-state index in [9.17, 15) is 13.2 Å². The Labute approximate surface area is 190 Å². The van der Waals surface area contributed by atoms with Gasteiger partial charge < -0.3 is 9.64 Å². The molecule has 1 saturated heterocycles. The lowest BCUT2D eigenvalue weighted by Crippen LogP contribution is -2.36. The largest absolute Gasteiger partial charge is 0.497 e. The molecule has 0 spiro atoms. The Morgan fingerprint density at radius 1 is 1.19 bits per heavy atom. The predicted molar refractivity (Wildman–Crippen MR) is 124 cm³/mol. The molecule has 2 heterocycles. The number of hydrogen-bond acceptors (Lipinski definition) is 5. The molecule has 2 aliphatic heterocycles. The number of methoxy groups -OCH3 is 1. The van der Waals surface area contributed by atoms with E-state index in [4.69, 9.17) is 4.74 Å². The first kappa shape index (κ1) is 22.8. The summed E-state index contributed by atoms with van der Waals surface area (Å²) in [7, 11) is -2.06. The summed E-state index contributed by atoms with van der Waals surface area (Å²) >= 11 is 0. The van der Waals surface area contributed by atoms with Crippen molar-refractivity contribution in [2.45, 2.75) is 50.1 Å². The minimum absolute atomic E-state index is 0.0287. The molecule has 7 nitrogen and oxygen atoms in total. The smallest absolute Gasteiger partial charge is 0.240 e. The maximum atomic E-state index is 13.2. The van der Waals surface area contributed by atoms with Crippen LogP contribution in [0, 0.1) is 0 Å². The molecule has 1 amide bonds. The number of benzene rings is 2. The number of nitrogens with one attached hydrogen (secondary N) is 1. The molecule has 172 valence electrons. The van der Waals surface area contributed by atoms with Gasteiger partial charge in [-0.3, -0.25) is 9.69 Å². The highest BCUT2D eigenvalue weighted by Crippen LogP contribution is 2.34. The third-order valence-corrected chi connectivity index (χ3v) is 7.86. The molecular formula is C24H31N3O4S. The van der Waals surface area contributed by atoms with Crippen molar-refractivity contribution in [3.05, 3.63) is 53.6 Å². The highest BCUT2D eigenvalue weighted by atomic mass is 32.2. The SMILES string of the molecule is COc1cccc([C@H](CNS(=O)(=O)c2ccc3c(c2)C[C@@H](C)N3C(C)=O)N2CCCC2)c1. The summed E-state index contributed by atoms with van der Waals surface area (Å²) in [6, 6.07) is 12.8. The first-order valence-corrected chi connectivity index (χ1v) is 12.6. The van der Waals surface area contributed by atoms with Crippen LogP contribution in [-0.4, -0.2) is 52.0 Å². The standard InChI is InChI=1S/C24H31N3O4S/c1-17-13-20-15-22(9-10-23(20)27(17)18(2)28)32(29,30)25-16-24(26-11-4-5-12-26)19-7-6-8-21(14-19)31-3/h6-10,14-15,17,24-25H,4-5,11-13,16H2,1-3H3/t17-,24+/m1/s1. The van der Waals surface area contributed by atoms with Gasteiger partial charge in [0, 0.05) is 31.2 Å². The summed E-state index contributed by atoms with van der Waals surface area (Å²) in [6.07, 6.45) is 2.88. The van der Waals surface area contributed by atoms with E-state index in [-0.39, 0.29) is 29.4 Å². The third-order valence-electron chi connectivity index (χ3n) is 6.44. The molecule has 2 aromatic carbocycles. The molecule has 0 unspecified atom stereocenters. The Bertz CT molecular complexity index is 1100. The number of sulfonamides is 1. The van der Waals surface area contributed by atoms with Crippen molar-refractivity contribution in [3.8, 4) is 5.75 Å². The van der Waals surface area contributed by atoms with Crippen LogP contribution in [0.1, 0.15) is 43.9 Å². The molecule has 1 fully saturated rings. The quantitative estimate of drug-likeness (QED) is 0.691. The molecule has 1 N–H and O–H groups in total. The van der Waals surface area contributed by atoms with E-state index in [1.54, 1.807) is 30.2 Å². The lowest BCUT2D eigenvalue weighted by Gasteiger charge is -2.28. The number of hydrogen-bond donors (Lipinski definition) is 1. The zero-order valence-corrected chi connectivity index (χ0v) is 19.7. The first-order valence-electron chi connectivity index (χ1n) is 11.1. The molecule has 0 aromatic heterocycles. The number of carbonyl (C=O) groups excluding carboxylic acids is 1. The Morgan fingerprint density at radius 2 is 1.94 bits per heavy atom. The van der Waals surface area contributed by atoms with Gasteiger partial charge in [-0.2, -0.15) is 0 Å². The Hall–Kier alpha value is -2.42. The van der Waals surface area contributed by atoms with Crippen LogP contribution in [0.3, 0.4) is 0 Å². The van der Waals surface area contributed by atoms with Crippen molar-refractivity contribution in [2.24, 2.45) is 0 Å². The van der Waals surface area contributed by atoms with Crippen molar-refractivity contribution in [2.75, 3.05) is 31.6 Å². The molecule has 2 aromatic rings. The van der Waals surface area contributed by atoms with Crippen molar-refractivity contribution < 1.29 is 17.9 Å². The normalized spacial score (nSPS) is 19.7. The Morgan fingerprint density at radius 3 is 2.62 bits per heavy atom. The predicted octanol–water partition coefficient (Wildman–Crippen LogP) is 3.11. The highest BCUT2D eigenvalue weighted by molar-refractivity contribution is 7.89. The van der Waals surface area contributed by atoms with Gasteiger partial charge in [-0.1, -0.05) is 12.1 Å². The fraction of sp³-hybridized carbons (Fsp3) is 0.458. The molecule has 32 heavy (non-hydrogen) atoms. The third kappa shape index (κ3) is 4.53. The van der Waals surface area contributed by atoms with E-state index in [0.717, 1.165) is 48.5 Å². The van der Waals surface area contributed by atoms with Crippen LogP contribution >= 0.6 is 0 Å². The molecule has 0 saturated carbocycles. The maximum Gasteiger partial charge on any atom is 0.240 e. The number of nitrogens with zero attached hydrogens (tertiary/aromatic N) is 2. The first-order chi connectivity index (χ1) is 15.3. The average Bonchev–Trinajstić information content (AvgIpc) is 3.40. The summed E-state index contributed by atoms with van der Waals surface area (Å²) in [6.45, 7) is 5.68. The van der Waals surface area contributed by atoms with E-state index in [0.29, 0.717) is 6.42 Å². The lowest BCUT2D eigenvalue weighted by molar-refractivity contribution is -0.116. The molecule has 0 radical (unpaired) electrons. The Kier molecular flexibility index (Phi) is 6.55. The zero-order chi connectivity index (χ0) is 22.9. The summed E-state index contributed by atoms with van der Waals surface area (Å²) in [5.74, 6) is 0.731. The van der Waals surface area contributed by atoms with Crippen LogP contribution in [-0.2, 0) is 21.2 Å². The highest BCUT2D eigenvalue weighted by Gasteiger charge is 2.31. The van der Waals surface area contributed by atoms with Crippen LogP contribution in [0.4, 0.5) is 5.69 Å². The van der Waals surface area contributed by atoms with Crippen molar-refractivity contribution in [1.29, 1.82) is 0 Å². The van der Waals surface area contributed by atoms with Gasteiger partial charge in [-0.15, -0.1) is 0 Å². The van der Waals surface area contributed by atoms with Gasteiger partial charge in [0.2, 0.25) is 15.9 Å². The summed E-state index contributed by atoms with van der Waals surface area (Å²) in [5, 5.41) is 0. The maximum absolute atomic E-state index is 13.2. The van der Waals surface area contributed by atoms with Gasteiger partial charge in [-0.25, -0.2) is 13.1 Å². The number of fused-ring (bicyclic) bond motifs is 1. The monoisotopic (exact) mass is 457 g/mol. The molecule has 0 aliphatic carbocycles. The fourth-order valence-electron chi connectivity index (χ4n) is 4.89. The van der Waals surface area contributed by atoms with Crippen LogP contribution in [0.15, 0.2) is 47.4 Å². The van der Waals surface area contributed by atoms with Crippen molar-refractivity contribution >= 4 is 21.6 Å². The second-order valence-electron chi connectivity index (χ2n) is 8.62. The number of amides is 1. The van der Waals surface area contributed by atoms with Crippen LogP contribution in [0.25, 0.3) is 0 Å². The molecule has 8 heteroatoms. The van der Waals surface area contributed by atoms with Crippen molar-refractivity contribution in [3.63, 3.8) is 0 Å². The van der Waals surface area contributed by atoms with Crippen LogP contribution in [0.2, 0.25) is 0 Å². The second kappa shape index (κ2) is 9.21. The van der Waals surface area contributed by atoms with E-state index < -0.39 is 10.0 Å². The summed E-state index contributed by atoms with van der Waals surface area (Å²) in [5.41, 5.74) is 2.73. The minimum Gasteiger partial charge on any atom is -0.497 e. The van der Waals surface area contributed by atoms with Gasteiger partial charge in [0.25, 0.3) is 0 Å². The summed E-state index contributed by atoms with van der Waals surface area (Å²) in [4.78, 5) is 16.3. The fourth-order valence-corrected chi connectivity index (χ4v) is 5.97. The number of anilines is 1. The lowest BCUT2D eigenvalue weighted by atomic mass is 10.1. The van der Waals surface area contributed by atoms with E-state index in [1.807, 2.05) is 31.2 Å². The van der Waals surface area contributed by atoms with E-state index in [1.165, 1.54) is 6.92 Å². The van der Waals surface area contributed by atoms with Gasteiger partial charge >= 0.3 is 0 Å². The van der Waals surface area contributed by atoms with E-state index >= 15 is 0 Å². The van der Waals surface area contributed by atoms with E-state index in [2.05, 4.69) is 9.62 Å². The van der Waals surface area contributed by atoms with Gasteiger partial charge in [0.05, 0.1) is 12.0 Å². The molecular weight excluding hydrogens is 426 g/mol. The Balaban J connectivity index is 1.55. The number of likely N-dealkylation sites (tertiary alicyclic amines) is 1. The van der Waals surface area contributed by atoms with Gasteiger partial charge in [0.1, 0.15) is 5.75 Å². The average molecular weight is 458 g/mol.